The Morgan fingerprint density at radius 1 is 1.57 bits per heavy atom. The maximum absolute atomic E-state index is 13.1. The summed E-state index contributed by atoms with van der Waals surface area (Å²) in [5.74, 6) is 0.206. The summed E-state index contributed by atoms with van der Waals surface area (Å²) < 4.78 is 18.7. The maximum Gasteiger partial charge on any atom is 0.144 e. The molecule has 1 unspecified atom stereocenters. The molecule has 0 fully saturated rings. The van der Waals surface area contributed by atoms with Gasteiger partial charge in [0.05, 0.1) is 16.8 Å². The van der Waals surface area contributed by atoms with Crippen molar-refractivity contribution in [1.82, 2.24) is 0 Å². The van der Waals surface area contributed by atoms with Crippen molar-refractivity contribution < 1.29 is 9.13 Å². The van der Waals surface area contributed by atoms with Crippen LogP contribution in [-0.2, 0) is 0 Å². The van der Waals surface area contributed by atoms with E-state index < -0.39 is 5.82 Å². The van der Waals surface area contributed by atoms with Gasteiger partial charge in [-0.25, -0.2) is 4.39 Å². The molecule has 0 saturated carbocycles. The second-order valence-electron chi connectivity index (χ2n) is 3.41. The molecule has 0 saturated heterocycles. The fourth-order valence-electron chi connectivity index (χ4n) is 1.45. The highest BCUT2D eigenvalue weighted by molar-refractivity contribution is 6.31. The monoisotopic (exact) mass is 215 g/mol. The molecule has 1 aliphatic heterocycles. The highest BCUT2D eigenvalue weighted by atomic mass is 35.5. The van der Waals surface area contributed by atoms with Gasteiger partial charge in [-0.15, -0.1) is 0 Å². The van der Waals surface area contributed by atoms with Crippen LogP contribution in [0, 0.1) is 5.82 Å². The highest BCUT2D eigenvalue weighted by Gasteiger charge is 2.15. The Kier molecular flexibility index (Phi) is 2.50. The van der Waals surface area contributed by atoms with E-state index in [1.807, 2.05) is 6.92 Å². The minimum absolute atomic E-state index is 0.0969. The number of benzene rings is 1. The average molecular weight is 216 g/mol. The van der Waals surface area contributed by atoms with Crippen LogP contribution in [0.15, 0.2) is 12.1 Å². The Labute approximate surface area is 87.0 Å². The van der Waals surface area contributed by atoms with Gasteiger partial charge in [-0.05, 0) is 6.92 Å². The van der Waals surface area contributed by atoms with E-state index in [4.69, 9.17) is 16.3 Å². The fraction of sp³-hybridized carbons (Fsp3) is 0.400. The Balaban J connectivity index is 2.41. The molecule has 14 heavy (non-hydrogen) atoms. The Hall–Kier alpha value is -0.960. The lowest BCUT2D eigenvalue weighted by atomic mass is 10.3. The average Bonchev–Trinajstić information content (AvgIpc) is 2.28. The first-order valence-corrected chi connectivity index (χ1v) is 4.94. The molecule has 0 radical (unpaired) electrons. The van der Waals surface area contributed by atoms with Crippen molar-refractivity contribution in [3.63, 3.8) is 0 Å². The molecule has 2 nitrogen and oxygen atoms in total. The van der Waals surface area contributed by atoms with Gasteiger partial charge in [0.25, 0.3) is 0 Å². The molecule has 0 amide bonds. The summed E-state index contributed by atoms with van der Waals surface area (Å²) in [7, 11) is 0. The molecule has 1 atom stereocenters. The van der Waals surface area contributed by atoms with Gasteiger partial charge in [0.15, 0.2) is 0 Å². The van der Waals surface area contributed by atoms with Crippen LogP contribution in [0.4, 0.5) is 10.1 Å². The van der Waals surface area contributed by atoms with Gasteiger partial charge in [0, 0.05) is 25.1 Å². The number of halogens is 2. The zero-order valence-electron chi connectivity index (χ0n) is 7.81. The van der Waals surface area contributed by atoms with E-state index in [1.165, 1.54) is 12.1 Å². The van der Waals surface area contributed by atoms with Crippen LogP contribution < -0.4 is 10.1 Å². The standard InChI is InChI=1S/C10H11ClFNO/c1-6-2-3-13-9-5-8(12)7(11)4-10(9)14-6/h4-6,13H,2-3H2,1H3. The minimum Gasteiger partial charge on any atom is -0.488 e. The van der Waals surface area contributed by atoms with Gasteiger partial charge >= 0.3 is 0 Å². The second kappa shape index (κ2) is 3.65. The van der Waals surface area contributed by atoms with Crippen molar-refractivity contribution in [2.75, 3.05) is 11.9 Å². The Morgan fingerprint density at radius 2 is 2.36 bits per heavy atom. The molecule has 76 valence electrons. The summed E-state index contributed by atoms with van der Waals surface area (Å²) in [5.41, 5.74) is 0.677. The van der Waals surface area contributed by atoms with E-state index >= 15 is 0 Å². The normalized spacial score (nSPS) is 20.4. The number of hydrogen-bond donors (Lipinski definition) is 1. The van der Waals surface area contributed by atoms with Gasteiger partial charge in [0.2, 0.25) is 0 Å². The molecule has 0 bridgehead atoms. The summed E-state index contributed by atoms with van der Waals surface area (Å²) in [5, 5.41) is 3.20. The predicted molar refractivity (Wildman–Crippen MR) is 54.6 cm³/mol. The number of hydrogen-bond acceptors (Lipinski definition) is 2. The van der Waals surface area contributed by atoms with Crippen molar-refractivity contribution in [3.8, 4) is 5.75 Å². The molecule has 1 aromatic rings. The summed E-state index contributed by atoms with van der Waals surface area (Å²) in [6.45, 7) is 2.77. The van der Waals surface area contributed by atoms with Crippen LogP contribution in [-0.4, -0.2) is 12.6 Å². The quantitative estimate of drug-likeness (QED) is 0.718. The van der Waals surface area contributed by atoms with E-state index in [9.17, 15) is 4.39 Å². The molecule has 1 aromatic carbocycles. The predicted octanol–water partition coefficient (Wildman–Crippen LogP) is 3.06. The molecule has 4 heteroatoms. The van der Waals surface area contributed by atoms with Crippen molar-refractivity contribution in [1.29, 1.82) is 0 Å². The summed E-state index contributed by atoms with van der Waals surface area (Å²) >= 11 is 5.66. The second-order valence-corrected chi connectivity index (χ2v) is 3.81. The van der Waals surface area contributed by atoms with Crippen molar-refractivity contribution in [2.45, 2.75) is 19.4 Å². The number of rotatable bonds is 0. The van der Waals surface area contributed by atoms with Crippen molar-refractivity contribution >= 4 is 17.3 Å². The molecular weight excluding hydrogens is 205 g/mol. The molecule has 0 spiro atoms. The molecule has 2 rings (SSSR count). The lowest BCUT2D eigenvalue weighted by molar-refractivity contribution is 0.221. The van der Waals surface area contributed by atoms with Crippen LogP contribution in [0.3, 0.4) is 0 Å². The van der Waals surface area contributed by atoms with E-state index in [0.29, 0.717) is 11.4 Å². The first-order chi connectivity index (χ1) is 6.66. The largest absolute Gasteiger partial charge is 0.488 e. The summed E-state index contributed by atoms with van der Waals surface area (Å²) in [4.78, 5) is 0. The van der Waals surface area contributed by atoms with E-state index in [2.05, 4.69) is 5.32 Å². The number of nitrogens with one attached hydrogen (secondary N) is 1. The zero-order chi connectivity index (χ0) is 10.1. The topological polar surface area (TPSA) is 21.3 Å². The summed E-state index contributed by atoms with van der Waals surface area (Å²) in [6.07, 6.45) is 1.03. The first-order valence-electron chi connectivity index (χ1n) is 4.56. The van der Waals surface area contributed by atoms with Crippen LogP contribution in [0.5, 0.6) is 5.75 Å². The van der Waals surface area contributed by atoms with Crippen LogP contribution in [0.1, 0.15) is 13.3 Å². The molecule has 1 N–H and O–H groups in total. The van der Waals surface area contributed by atoms with Gasteiger partial charge < -0.3 is 10.1 Å². The molecule has 0 aliphatic carbocycles. The highest BCUT2D eigenvalue weighted by Crippen LogP contribution is 2.33. The maximum atomic E-state index is 13.1. The van der Waals surface area contributed by atoms with Crippen molar-refractivity contribution in [3.05, 3.63) is 23.0 Å². The van der Waals surface area contributed by atoms with Crippen LogP contribution >= 0.6 is 11.6 Å². The van der Waals surface area contributed by atoms with Gasteiger partial charge in [-0.3, -0.25) is 0 Å². The van der Waals surface area contributed by atoms with E-state index in [0.717, 1.165) is 13.0 Å². The third-order valence-electron chi connectivity index (χ3n) is 2.22. The molecule has 0 aromatic heterocycles. The number of ether oxygens (including phenoxy) is 1. The van der Waals surface area contributed by atoms with Gasteiger partial charge in [-0.1, -0.05) is 11.6 Å². The Morgan fingerprint density at radius 3 is 3.14 bits per heavy atom. The lowest BCUT2D eigenvalue weighted by Gasteiger charge is -2.12. The van der Waals surface area contributed by atoms with Crippen LogP contribution in [0.2, 0.25) is 5.02 Å². The zero-order valence-corrected chi connectivity index (χ0v) is 8.57. The lowest BCUT2D eigenvalue weighted by Crippen LogP contribution is -2.12. The number of anilines is 1. The molecular formula is C10H11ClFNO. The minimum atomic E-state index is -0.420. The SMILES string of the molecule is CC1CCNc2cc(F)c(Cl)cc2O1. The number of fused-ring (bicyclic) bond motifs is 1. The third kappa shape index (κ3) is 1.77. The fourth-order valence-corrected chi connectivity index (χ4v) is 1.60. The molecule has 1 heterocycles. The third-order valence-corrected chi connectivity index (χ3v) is 2.51. The Bertz CT molecular complexity index is 356. The molecule has 1 aliphatic rings. The summed E-state index contributed by atoms with van der Waals surface area (Å²) in [6, 6.07) is 2.89. The van der Waals surface area contributed by atoms with E-state index in [-0.39, 0.29) is 11.1 Å². The smallest absolute Gasteiger partial charge is 0.144 e. The van der Waals surface area contributed by atoms with Crippen molar-refractivity contribution in [2.24, 2.45) is 0 Å². The van der Waals surface area contributed by atoms with E-state index in [1.54, 1.807) is 0 Å². The van der Waals surface area contributed by atoms with Gasteiger partial charge in [0.1, 0.15) is 11.6 Å². The first kappa shape index (κ1) is 9.59. The van der Waals surface area contributed by atoms with Crippen LogP contribution in [0.25, 0.3) is 0 Å². The van der Waals surface area contributed by atoms with Gasteiger partial charge in [-0.2, -0.15) is 0 Å².